The van der Waals surface area contributed by atoms with E-state index in [1.807, 2.05) is 18.2 Å². The van der Waals surface area contributed by atoms with Crippen LogP contribution in [0.3, 0.4) is 0 Å². The van der Waals surface area contributed by atoms with Gasteiger partial charge >= 0.3 is 11.4 Å². The fraction of sp³-hybridized carbons (Fsp3) is 0.176. The number of nitriles is 1. The molecule has 130 valence electrons. The third-order valence-corrected chi connectivity index (χ3v) is 4.29. The zero-order chi connectivity index (χ0) is 18.8. The number of hydrogen-bond donors (Lipinski definition) is 0. The lowest BCUT2D eigenvalue weighted by Crippen LogP contribution is -2.26. The number of para-hydroxylation sites is 1. The number of aromatic nitrogens is 3. The number of fused-ring (bicyclic) bond motifs is 1. The first kappa shape index (κ1) is 17.5. The first-order valence-electron chi connectivity index (χ1n) is 7.68. The summed E-state index contributed by atoms with van der Waals surface area (Å²) in [5.74, 6) is -1.82. The van der Waals surface area contributed by atoms with Gasteiger partial charge in [0.15, 0.2) is 0 Å². The van der Waals surface area contributed by atoms with Crippen molar-refractivity contribution in [3.8, 4) is 6.07 Å². The summed E-state index contributed by atoms with van der Waals surface area (Å²) in [5.41, 5.74) is -0.0435. The van der Waals surface area contributed by atoms with Gasteiger partial charge in [0.05, 0.1) is 34.5 Å². The van der Waals surface area contributed by atoms with Crippen molar-refractivity contribution in [1.82, 2.24) is 14.8 Å². The highest BCUT2D eigenvalue weighted by Crippen LogP contribution is 2.33. The predicted octanol–water partition coefficient (Wildman–Crippen LogP) is 3.03. The van der Waals surface area contributed by atoms with Crippen molar-refractivity contribution in [2.75, 3.05) is 0 Å². The molecule has 0 aliphatic rings. The van der Waals surface area contributed by atoms with Crippen molar-refractivity contribution < 1.29 is 4.92 Å². The van der Waals surface area contributed by atoms with Crippen LogP contribution in [0.2, 0.25) is 5.02 Å². The zero-order valence-corrected chi connectivity index (χ0v) is 14.3. The minimum atomic E-state index is -1.20. The molecule has 2 heterocycles. The van der Waals surface area contributed by atoms with E-state index >= 15 is 0 Å². The molecule has 1 aromatic carbocycles. The minimum Gasteiger partial charge on any atom is -0.358 e. The lowest BCUT2D eigenvalue weighted by Gasteiger charge is -2.12. The van der Waals surface area contributed by atoms with Gasteiger partial charge in [0, 0.05) is 5.39 Å². The quantitative estimate of drug-likeness (QED) is 0.515. The molecule has 0 fully saturated rings. The fourth-order valence-corrected chi connectivity index (χ4v) is 2.96. The predicted molar refractivity (Wildman–Crippen MR) is 95.0 cm³/mol. The van der Waals surface area contributed by atoms with Gasteiger partial charge in [-0.25, -0.2) is 0 Å². The van der Waals surface area contributed by atoms with Crippen molar-refractivity contribution in [3.63, 3.8) is 0 Å². The molecule has 0 saturated carbocycles. The van der Waals surface area contributed by atoms with E-state index in [0.717, 1.165) is 10.1 Å². The number of nitrogens with zero attached hydrogens (tertiary/aromatic N) is 5. The molecular formula is C17H12ClN5O3. The van der Waals surface area contributed by atoms with Crippen LogP contribution in [-0.2, 0) is 6.54 Å². The second kappa shape index (κ2) is 6.90. The lowest BCUT2D eigenvalue weighted by molar-refractivity contribution is -0.391. The van der Waals surface area contributed by atoms with E-state index < -0.39 is 27.2 Å². The van der Waals surface area contributed by atoms with Gasteiger partial charge in [-0.15, -0.1) is 4.68 Å². The Balaban J connectivity index is 2.28. The molecule has 0 aliphatic heterocycles. The average molecular weight is 370 g/mol. The van der Waals surface area contributed by atoms with Gasteiger partial charge < -0.3 is 10.1 Å². The number of pyridine rings is 1. The number of nitro groups is 1. The van der Waals surface area contributed by atoms with E-state index in [1.165, 1.54) is 0 Å². The van der Waals surface area contributed by atoms with Crippen molar-refractivity contribution >= 4 is 28.3 Å². The topological polar surface area (TPSA) is 115 Å². The molecule has 26 heavy (non-hydrogen) atoms. The van der Waals surface area contributed by atoms with Gasteiger partial charge in [-0.3, -0.25) is 9.78 Å². The van der Waals surface area contributed by atoms with E-state index in [1.54, 1.807) is 31.2 Å². The number of halogens is 1. The molecule has 0 bridgehead atoms. The maximum Gasteiger partial charge on any atom is 0.395 e. The highest BCUT2D eigenvalue weighted by molar-refractivity contribution is 6.31. The van der Waals surface area contributed by atoms with E-state index in [2.05, 4.69) is 10.1 Å². The Morgan fingerprint density at radius 2 is 2.08 bits per heavy atom. The molecule has 1 atom stereocenters. The smallest absolute Gasteiger partial charge is 0.358 e. The lowest BCUT2D eigenvalue weighted by atomic mass is 9.96. The van der Waals surface area contributed by atoms with Gasteiger partial charge in [-0.05, 0) is 24.0 Å². The summed E-state index contributed by atoms with van der Waals surface area (Å²) in [6.07, 6.45) is 0. The van der Waals surface area contributed by atoms with Crippen molar-refractivity contribution in [3.05, 3.63) is 73.1 Å². The van der Waals surface area contributed by atoms with Crippen molar-refractivity contribution in [2.24, 2.45) is 0 Å². The molecule has 9 heteroatoms. The van der Waals surface area contributed by atoms with Gasteiger partial charge in [-0.2, -0.15) is 5.26 Å². The Labute approximate surface area is 152 Å². The summed E-state index contributed by atoms with van der Waals surface area (Å²) in [5, 5.41) is 25.3. The third kappa shape index (κ3) is 2.89. The molecule has 0 spiro atoms. The van der Waals surface area contributed by atoms with E-state index in [-0.39, 0.29) is 17.8 Å². The molecule has 0 saturated heterocycles. The Kier molecular flexibility index (Phi) is 4.65. The van der Waals surface area contributed by atoms with Crippen LogP contribution in [0.4, 0.5) is 5.82 Å². The first-order valence-corrected chi connectivity index (χ1v) is 8.06. The van der Waals surface area contributed by atoms with Crippen LogP contribution in [0.5, 0.6) is 0 Å². The average Bonchev–Trinajstić information content (AvgIpc) is 2.65. The van der Waals surface area contributed by atoms with Crippen molar-refractivity contribution in [2.45, 2.75) is 19.4 Å². The maximum atomic E-state index is 12.3. The van der Waals surface area contributed by atoms with Crippen molar-refractivity contribution in [1.29, 1.82) is 5.26 Å². The number of aryl methyl sites for hydroxylation is 1. The monoisotopic (exact) mass is 369 g/mol. The van der Waals surface area contributed by atoms with Crippen LogP contribution < -0.4 is 5.56 Å². The molecule has 2 aromatic heterocycles. The number of benzene rings is 1. The minimum absolute atomic E-state index is 0.116. The number of rotatable bonds is 4. The molecule has 0 radical (unpaired) electrons. The zero-order valence-electron chi connectivity index (χ0n) is 13.6. The largest absolute Gasteiger partial charge is 0.395 e. The van der Waals surface area contributed by atoms with Crippen LogP contribution in [0, 0.1) is 21.4 Å². The summed E-state index contributed by atoms with van der Waals surface area (Å²) < 4.78 is 0.895. The van der Waals surface area contributed by atoms with Crippen LogP contribution >= 0.6 is 11.6 Å². The Morgan fingerprint density at radius 1 is 1.35 bits per heavy atom. The number of hydrogen-bond acceptors (Lipinski definition) is 6. The molecule has 0 amide bonds. The molecule has 8 nitrogen and oxygen atoms in total. The molecule has 3 aromatic rings. The SMILES string of the molecule is CCn1nc([N+](=O)[O-])c(C(C#N)c2ccc3ccccc3n2)c(Cl)c1=O. The Bertz CT molecular complexity index is 1120. The summed E-state index contributed by atoms with van der Waals surface area (Å²) in [6, 6.07) is 12.6. The van der Waals surface area contributed by atoms with E-state index in [0.29, 0.717) is 5.52 Å². The molecule has 1 unspecified atom stereocenters. The summed E-state index contributed by atoms with van der Waals surface area (Å²) in [7, 11) is 0. The Morgan fingerprint density at radius 3 is 2.73 bits per heavy atom. The molecule has 0 N–H and O–H groups in total. The third-order valence-electron chi connectivity index (χ3n) is 3.92. The van der Waals surface area contributed by atoms with E-state index in [4.69, 9.17) is 11.6 Å². The normalized spacial score (nSPS) is 11.9. The van der Waals surface area contributed by atoms with Crippen LogP contribution in [-0.4, -0.2) is 19.7 Å². The first-order chi connectivity index (χ1) is 12.5. The summed E-state index contributed by atoms with van der Waals surface area (Å²) in [6.45, 7) is 1.73. The fourth-order valence-electron chi connectivity index (χ4n) is 2.67. The summed E-state index contributed by atoms with van der Waals surface area (Å²) >= 11 is 6.11. The van der Waals surface area contributed by atoms with Gasteiger partial charge in [0.2, 0.25) is 0 Å². The van der Waals surface area contributed by atoms with Crippen LogP contribution in [0.1, 0.15) is 24.1 Å². The second-order valence-corrected chi connectivity index (χ2v) is 5.80. The maximum absolute atomic E-state index is 12.3. The summed E-state index contributed by atoms with van der Waals surface area (Å²) in [4.78, 5) is 27.4. The molecular weight excluding hydrogens is 358 g/mol. The molecule has 3 rings (SSSR count). The molecule has 0 aliphatic carbocycles. The van der Waals surface area contributed by atoms with E-state index in [9.17, 15) is 20.2 Å². The highest BCUT2D eigenvalue weighted by atomic mass is 35.5. The standard InChI is InChI=1S/C17H12ClN5O3/c1-2-22-17(24)15(18)14(16(21-22)23(25)26)11(9-19)13-8-7-10-5-3-4-6-12(10)20-13/h3-8,11H,2H2,1H3. The van der Waals surface area contributed by atoms with Crippen LogP contribution in [0.25, 0.3) is 10.9 Å². The second-order valence-electron chi connectivity index (χ2n) is 5.42. The van der Waals surface area contributed by atoms with Gasteiger partial charge in [0.1, 0.15) is 10.9 Å². The van der Waals surface area contributed by atoms with Gasteiger partial charge in [-0.1, -0.05) is 35.9 Å². The highest BCUT2D eigenvalue weighted by Gasteiger charge is 2.33. The van der Waals surface area contributed by atoms with Gasteiger partial charge in [0.25, 0.3) is 0 Å². The Hall–Kier alpha value is -3.31. The van der Waals surface area contributed by atoms with Crippen LogP contribution in [0.15, 0.2) is 41.2 Å².